The van der Waals surface area contributed by atoms with E-state index in [-0.39, 0.29) is 39.0 Å². The Bertz CT molecular complexity index is 1690. The van der Waals surface area contributed by atoms with Crippen molar-refractivity contribution in [2.75, 3.05) is 12.0 Å². The first kappa shape index (κ1) is 29.3. The number of fused-ring (bicyclic) bond motifs is 4. The molecule has 0 radical (unpaired) electrons. The second-order valence-electron chi connectivity index (χ2n) is 10.6. The molecule has 2 aromatic rings. The number of imide groups is 2. The number of alkyl halides is 2. The number of hydrogen-bond acceptors (Lipinski definition) is 7. The number of phenols is 1. The molecule has 6 atom stereocenters. The van der Waals surface area contributed by atoms with E-state index < -0.39 is 98.2 Å². The molecule has 2 saturated heterocycles. The topological polar surface area (TPSA) is 124 Å². The van der Waals surface area contributed by atoms with Crippen LogP contribution in [0.3, 0.4) is 0 Å². The lowest BCUT2D eigenvalue weighted by Crippen LogP contribution is -2.60. The minimum Gasteiger partial charge on any atom is -0.508 e. The molecule has 0 bridgehead atoms. The number of anilines is 1. The molecule has 2 heterocycles. The molecular formula is C27H17Cl2F5N2O7. The number of carbonyl (C=O) groups excluding carboxylic acids is 4. The van der Waals surface area contributed by atoms with Gasteiger partial charge in [0.1, 0.15) is 17.2 Å². The van der Waals surface area contributed by atoms with Crippen LogP contribution in [-0.4, -0.2) is 55.9 Å². The van der Waals surface area contributed by atoms with Gasteiger partial charge in [-0.15, -0.1) is 23.2 Å². The van der Waals surface area contributed by atoms with Crippen LogP contribution in [0.1, 0.15) is 24.3 Å². The van der Waals surface area contributed by atoms with Crippen LogP contribution in [0.5, 0.6) is 11.5 Å². The lowest BCUT2D eigenvalue weighted by Gasteiger charge is -2.50. The van der Waals surface area contributed by atoms with Crippen LogP contribution in [0.4, 0.5) is 27.6 Å². The maximum Gasteiger partial charge on any atom is 0.258 e. The molecule has 2 N–H and O–H groups in total. The summed E-state index contributed by atoms with van der Waals surface area (Å²) in [5, 5.41) is 20.1. The molecular weight excluding hydrogens is 630 g/mol. The number of carbonyl (C=O) groups is 4. The predicted molar refractivity (Wildman–Crippen MR) is 135 cm³/mol. The van der Waals surface area contributed by atoms with E-state index in [9.17, 15) is 51.4 Å². The van der Waals surface area contributed by atoms with Gasteiger partial charge >= 0.3 is 0 Å². The van der Waals surface area contributed by atoms with Gasteiger partial charge in [-0.05, 0) is 24.8 Å². The van der Waals surface area contributed by atoms with Crippen LogP contribution in [0.25, 0.3) is 0 Å². The fraction of sp³-hybridized carbons (Fsp3) is 0.333. The molecule has 4 amide bonds. The molecule has 226 valence electrons. The van der Waals surface area contributed by atoms with Crippen molar-refractivity contribution in [1.82, 2.24) is 5.06 Å². The van der Waals surface area contributed by atoms with Crippen molar-refractivity contribution in [1.29, 1.82) is 0 Å². The first-order valence-electron chi connectivity index (χ1n) is 12.5. The summed E-state index contributed by atoms with van der Waals surface area (Å²) in [6.07, 6.45) is 0.596. The second-order valence-corrected chi connectivity index (χ2v) is 11.8. The normalized spacial score (nSPS) is 31.7. The molecule has 9 nitrogen and oxygen atoms in total. The average Bonchev–Trinajstić information content (AvgIpc) is 3.29. The largest absolute Gasteiger partial charge is 0.508 e. The summed E-state index contributed by atoms with van der Waals surface area (Å²) >= 11 is 13.9. The molecule has 2 aliphatic carbocycles. The number of ether oxygens (including phenoxy) is 1. The Morgan fingerprint density at radius 1 is 0.907 bits per heavy atom. The smallest absolute Gasteiger partial charge is 0.258 e. The number of nitrogens with zero attached hydrogens (tertiary/aromatic N) is 2. The first-order chi connectivity index (χ1) is 20.1. The number of aromatic hydroxyl groups is 1. The van der Waals surface area contributed by atoms with Crippen molar-refractivity contribution in [2.24, 2.45) is 17.8 Å². The molecule has 6 unspecified atom stereocenters. The highest BCUT2D eigenvalue weighted by Gasteiger charge is 2.77. The molecule has 2 aliphatic heterocycles. The third kappa shape index (κ3) is 3.48. The average molecular weight is 647 g/mol. The molecule has 16 heteroatoms. The van der Waals surface area contributed by atoms with Crippen molar-refractivity contribution < 1.29 is 56.2 Å². The maximum absolute atomic E-state index is 15.0. The minimum atomic E-state index is -2.74. The van der Waals surface area contributed by atoms with E-state index in [0.717, 1.165) is 12.1 Å². The summed E-state index contributed by atoms with van der Waals surface area (Å²) in [4.78, 5) is 48.0. The Morgan fingerprint density at radius 3 is 2.12 bits per heavy atom. The van der Waals surface area contributed by atoms with E-state index in [1.54, 1.807) is 0 Å². The van der Waals surface area contributed by atoms with Gasteiger partial charge < -0.3 is 9.84 Å². The van der Waals surface area contributed by atoms with Gasteiger partial charge in [0.15, 0.2) is 33.0 Å². The first-order valence-corrected chi connectivity index (χ1v) is 13.3. The van der Waals surface area contributed by atoms with E-state index in [0.29, 0.717) is 0 Å². The summed E-state index contributed by atoms with van der Waals surface area (Å²) in [7, 11) is 1.18. The summed E-state index contributed by atoms with van der Waals surface area (Å²) < 4.78 is 77.7. The molecule has 43 heavy (non-hydrogen) atoms. The van der Waals surface area contributed by atoms with E-state index in [1.165, 1.54) is 19.3 Å². The SMILES string of the molecule is COc1cc(O)ccc1C1C2=CCC3C(=O)N(O)C(=O)C3C2CC2(Cl)C(=O)N(c3c(F)c(F)c(F)c(F)c3F)C(=O)C12Cl. The molecule has 3 fully saturated rings. The zero-order chi connectivity index (χ0) is 31.5. The standard InChI is InChI=1S/C27H17Cl2F5N2O7/c1-43-13-6-8(37)2-3-10(13)15-9-4-5-11-14(23(39)36(42)22(11)38)12(9)7-26(28)24(40)35(25(41)27(15,26)29)21-19(33)17(31)16(30)18(32)20(21)34/h2-4,6,11-12,14-15,37,42H,5,7H2,1H3. The number of hydrogen-bond donors (Lipinski definition) is 2. The molecule has 0 spiro atoms. The van der Waals surface area contributed by atoms with Crippen molar-refractivity contribution in [2.45, 2.75) is 28.5 Å². The Balaban J connectivity index is 1.64. The third-order valence-corrected chi connectivity index (χ3v) is 10.1. The van der Waals surface area contributed by atoms with Crippen molar-refractivity contribution in [3.8, 4) is 11.5 Å². The van der Waals surface area contributed by atoms with E-state index in [1.807, 2.05) is 0 Å². The number of phenolic OH excluding ortho intramolecular Hbond substituents is 1. The second kappa shape index (κ2) is 9.37. The summed E-state index contributed by atoms with van der Waals surface area (Å²) in [5.41, 5.74) is -1.75. The minimum absolute atomic E-state index is 0.00670. The Hall–Kier alpha value is -3.75. The van der Waals surface area contributed by atoms with Crippen LogP contribution < -0.4 is 9.64 Å². The molecule has 0 aromatic heterocycles. The van der Waals surface area contributed by atoms with Gasteiger partial charge in [-0.2, -0.15) is 5.06 Å². The van der Waals surface area contributed by atoms with Crippen LogP contribution in [0.2, 0.25) is 0 Å². The van der Waals surface area contributed by atoms with Gasteiger partial charge in [-0.1, -0.05) is 17.7 Å². The summed E-state index contributed by atoms with van der Waals surface area (Å²) in [6, 6.07) is 3.52. The lowest BCUT2D eigenvalue weighted by atomic mass is 9.56. The van der Waals surface area contributed by atoms with Crippen molar-refractivity contribution >= 4 is 52.5 Å². The predicted octanol–water partition coefficient (Wildman–Crippen LogP) is 4.05. The Morgan fingerprint density at radius 2 is 1.51 bits per heavy atom. The van der Waals surface area contributed by atoms with Gasteiger partial charge in [0, 0.05) is 17.5 Å². The Labute approximate surface area is 248 Å². The van der Waals surface area contributed by atoms with Gasteiger partial charge in [-0.25, -0.2) is 26.9 Å². The molecule has 2 aromatic carbocycles. The van der Waals surface area contributed by atoms with Crippen LogP contribution in [0.15, 0.2) is 29.8 Å². The summed E-state index contributed by atoms with van der Waals surface area (Å²) in [6.45, 7) is 0. The third-order valence-electron chi connectivity index (χ3n) is 8.73. The van der Waals surface area contributed by atoms with E-state index in [4.69, 9.17) is 27.9 Å². The number of benzene rings is 2. The highest BCUT2D eigenvalue weighted by atomic mass is 35.5. The number of halogens is 7. The number of amides is 4. The number of rotatable bonds is 3. The van der Waals surface area contributed by atoms with Crippen molar-refractivity contribution in [3.63, 3.8) is 0 Å². The van der Waals surface area contributed by atoms with Gasteiger partial charge in [-0.3, -0.25) is 24.4 Å². The van der Waals surface area contributed by atoms with Crippen LogP contribution in [0, 0.1) is 46.8 Å². The molecule has 1 saturated carbocycles. The fourth-order valence-electron chi connectivity index (χ4n) is 6.83. The van der Waals surface area contributed by atoms with Gasteiger partial charge in [0.2, 0.25) is 5.82 Å². The van der Waals surface area contributed by atoms with E-state index in [2.05, 4.69) is 0 Å². The molecule has 6 rings (SSSR count). The van der Waals surface area contributed by atoms with Crippen molar-refractivity contribution in [3.05, 3.63) is 64.5 Å². The number of methoxy groups -OCH3 is 1. The highest BCUT2D eigenvalue weighted by Crippen LogP contribution is 2.66. The Kier molecular flexibility index (Phi) is 6.39. The lowest BCUT2D eigenvalue weighted by molar-refractivity contribution is -0.173. The monoisotopic (exact) mass is 646 g/mol. The zero-order valence-electron chi connectivity index (χ0n) is 21.5. The van der Waals surface area contributed by atoms with Gasteiger partial charge in [0.25, 0.3) is 23.6 Å². The number of hydroxylamine groups is 2. The van der Waals surface area contributed by atoms with Gasteiger partial charge in [0.05, 0.1) is 18.9 Å². The van der Waals surface area contributed by atoms with E-state index >= 15 is 0 Å². The highest BCUT2D eigenvalue weighted by molar-refractivity contribution is 6.58. The number of allylic oxidation sites excluding steroid dienone is 2. The quantitative estimate of drug-likeness (QED) is 0.0981. The fourth-order valence-corrected chi connectivity index (χ4v) is 7.76. The van der Waals surface area contributed by atoms with Crippen LogP contribution >= 0.6 is 23.2 Å². The maximum atomic E-state index is 15.0. The van der Waals surface area contributed by atoms with Crippen LogP contribution in [-0.2, 0) is 19.2 Å². The zero-order valence-corrected chi connectivity index (χ0v) is 23.0. The molecule has 4 aliphatic rings. The summed E-state index contributed by atoms with van der Waals surface area (Å²) in [5.74, 6) is -23.3.